The summed E-state index contributed by atoms with van der Waals surface area (Å²) in [5.74, 6) is 1.18. The largest absolute Gasteiger partial charge is 0.462 e. The van der Waals surface area contributed by atoms with Crippen LogP contribution in [0.2, 0.25) is 0 Å². The smallest absolute Gasteiger partial charge is 0.310 e. The maximum Gasteiger partial charge on any atom is 0.310 e. The van der Waals surface area contributed by atoms with Crippen molar-refractivity contribution in [1.29, 1.82) is 0 Å². The number of fused-ring (bicyclic) bond motifs is 3. The third kappa shape index (κ3) is 2.73. The van der Waals surface area contributed by atoms with E-state index < -0.39 is 0 Å². The number of esters is 1. The molecule has 3 heterocycles. The zero-order chi connectivity index (χ0) is 17.9. The van der Waals surface area contributed by atoms with Crippen LogP contribution in [0.1, 0.15) is 46.0 Å². The van der Waals surface area contributed by atoms with Gasteiger partial charge in [0, 0.05) is 38.6 Å². The van der Waals surface area contributed by atoms with Crippen molar-refractivity contribution < 1.29 is 14.3 Å². The van der Waals surface area contributed by atoms with Crippen molar-refractivity contribution in [2.24, 2.45) is 23.2 Å². The Morgan fingerprint density at radius 2 is 1.88 bits per heavy atom. The highest BCUT2D eigenvalue weighted by atomic mass is 16.6. The molecule has 0 bridgehead atoms. The van der Waals surface area contributed by atoms with Gasteiger partial charge < -0.3 is 14.4 Å². The summed E-state index contributed by atoms with van der Waals surface area (Å²) < 4.78 is 12.0. The van der Waals surface area contributed by atoms with Gasteiger partial charge in [-0.1, -0.05) is 13.8 Å². The van der Waals surface area contributed by atoms with Gasteiger partial charge in [0.1, 0.15) is 6.10 Å². The Balaban J connectivity index is 1.30. The zero-order valence-corrected chi connectivity index (χ0v) is 16.4. The second-order valence-electron chi connectivity index (χ2n) is 9.83. The fourth-order valence-electron chi connectivity index (χ4n) is 6.73. The summed E-state index contributed by atoms with van der Waals surface area (Å²) in [6.45, 7) is 12.1. The molecule has 5 fully saturated rings. The van der Waals surface area contributed by atoms with E-state index in [-0.39, 0.29) is 23.6 Å². The second kappa shape index (κ2) is 6.18. The first-order valence-corrected chi connectivity index (χ1v) is 10.8. The normalized spacial score (nSPS) is 48.9. The molecule has 2 saturated carbocycles. The van der Waals surface area contributed by atoms with Crippen LogP contribution >= 0.6 is 0 Å². The van der Waals surface area contributed by atoms with Crippen molar-refractivity contribution in [3.8, 4) is 0 Å². The van der Waals surface area contributed by atoms with Crippen LogP contribution in [0.25, 0.3) is 0 Å². The first-order chi connectivity index (χ1) is 12.5. The minimum absolute atomic E-state index is 0.0749. The van der Waals surface area contributed by atoms with Crippen molar-refractivity contribution in [3.05, 3.63) is 0 Å². The van der Waals surface area contributed by atoms with E-state index in [0.29, 0.717) is 17.3 Å². The summed E-state index contributed by atoms with van der Waals surface area (Å²) in [6.07, 6.45) is 6.10. The number of ether oxygens (including phenoxy) is 2. The van der Waals surface area contributed by atoms with Crippen LogP contribution in [0.5, 0.6) is 0 Å². The molecular weight excluding hydrogens is 328 g/mol. The Kier molecular flexibility index (Phi) is 4.15. The summed E-state index contributed by atoms with van der Waals surface area (Å²) >= 11 is 0. The molecule has 2 aliphatic carbocycles. The summed E-state index contributed by atoms with van der Waals surface area (Å²) in [7, 11) is 0. The molecule has 6 atom stereocenters. The Morgan fingerprint density at radius 3 is 2.58 bits per heavy atom. The summed E-state index contributed by atoms with van der Waals surface area (Å²) in [4.78, 5) is 17.7. The molecule has 3 aliphatic heterocycles. The summed E-state index contributed by atoms with van der Waals surface area (Å²) in [6, 6.07) is 0. The van der Waals surface area contributed by atoms with Crippen LogP contribution in [0, 0.1) is 23.2 Å². The average molecular weight is 363 g/mol. The van der Waals surface area contributed by atoms with Gasteiger partial charge in [-0.2, -0.15) is 0 Å². The highest BCUT2D eigenvalue weighted by molar-refractivity contribution is 5.75. The van der Waals surface area contributed by atoms with E-state index in [1.807, 2.05) is 0 Å². The van der Waals surface area contributed by atoms with E-state index >= 15 is 0 Å². The van der Waals surface area contributed by atoms with Gasteiger partial charge >= 0.3 is 5.97 Å². The SMILES string of the molecule is CCN1CCN(C[C@@H]2C(=O)O[C@H]3C[C@]4(C)CCC[C@@]5(CO5)[C@@H]4C[C@@H]32)CC1. The second-order valence-corrected chi connectivity index (χ2v) is 9.83. The molecule has 0 unspecified atom stereocenters. The highest BCUT2D eigenvalue weighted by Gasteiger charge is 2.65. The van der Waals surface area contributed by atoms with Gasteiger partial charge in [0.05, 0.1) is 18.1 Å². The average Bonchev–Trinajstić information content (AvgIpc) is 3.33. The predicted octanol–water partition coefficient (Wildman–Crippen LogP) is 2.15. The van der Waals surface area contributed by atoms with E-state index in [2.05, 4.69) is 23.6 Å². The molecule has 1 spiro atoms. The standard InChI is InChI=1S/C21H34N2O3/c1-3-22-7-9-23(10-8-22)13-16-15-11-18-20(2,12-17(15)26-19(16)24)5-4-6-21(18)14-25-21/h15-18H,3-14H2,1-2H3/t15-,16+,17+,18-,20+,21-/m1/s1. The number of nitrogens with zero attached hydrogens (tertiary/aromatic N) is 2. The number of likely N-dealkylation sites (N-methyl/N-ethyl adjacent to an activating group) is 1. The number of rotatable bonds is 3. The third-order valence-corrected chi connectivity index (χ3v) is 8.45. The molecule has 0 aromatic carbocycles. The topological polar surface area (TPSA) is 45.3 Å². The maximum atomic E-state index is 12.7. The van der Waals surface area contributed by atoms with E-state index in [4.69, 9.17) is 9.47 Å². The van der Waals surface area contributed by atoms with Gasteiger partial charge in [-0.05, 0) is 50.0 Å². The molecule has 146 valence electrons. The molecule has 0 aromatic heterocycles. The number of hydrogen-bond acceptors (Lipinski definition) is 5. The quantitative estimate of drug-likeness (QED) is 0.569. The van der Waals surface area contributed by atoms with Gasteiger partial charge in [0.2, 0.25) is 0 Å². The minimum Gasteiger partial charge on any atom is -0.462 e. The van der Waals surface area contributed by atoms with E-state index in [0.717, 1.165) is 58.7 Å². The maximum absolute atomic E-state index is 12.7. The van der Waals surface area contributed by atoms with E-state index in [1.54, 1.807) is 0 Å². The van der Waals surface area contributed by atoms with Crippen LogP contribution in [-0.2, 0) is 14.3 Å². The molecule has 0 aromatic rings. The Labute approximate surface area is 157 Å². The van der Waals surface area contributed by atoms with Crippen LogP contribution in [-0.4, -0.2) is 73.3 Å². The minimum atomic E-state index is 0.0749. The summed E-state index contributed by atoms with van der Waals surface area (Å²) in [5, 5.41) is 0. The van der Waals surface area contributed by atoms with Gasteiger partial charge in [-0.3, -0.25) is 9.69 Å². The monoisotopic (exact) mass is 362 g/mol. The number of carbonyl (C=O) groups excluding carboxylic acids is 1. The molecular formula is C21H34N2O3. The lowest BCUT2D eigenvalue weighted by Crippen LogP contribution is -2.52. The van der Waals surface area contributed by atoms with Crippen LogP contribution in [0.15, 0.2) is 0 Å². The van der Waals surface area contributed by atoms with Crippen molar-refractivity contribution in [2.45, 2.75) is 57.7 Å². The third-order valence-electron chi connectivity index (χ3n) is 8.45. The first kappa shape index (κ1) is 17.4. The molecule has 3 saturated heterocycles. The number of carbonyl (C=O) groups is 1. The van der Waals surface area contributed by atoms with Crippen LogP contribution in [0.4, 0.5) is 0 Å². The molecule has 5 nitrogen and oxygen atoms in total. The zero-order valence-electron chi connectivity index (χ0n) is 16.4. The van der Waals surface area contributed by atoms with Crippen molar-refractivity contribution in [1.82, 2.24) is 9.80 Å². The number of epoxide rings is 1. The fraction of sp³-hybridized carbons (Fsp3) is 0.952. The lowest BCUT2D eigenvalue weighted by molar-refractivity contribution is -0.147. The van der Waals surface area contributed by atoms with Crippen molar-refractivity contribution in [3.63, 3.8) is 0 Å². The predicted molar refractivity (Wildman–Crippen MR) is 98.8 cm³/mol. The number of piperazine rings is 1. The molecule has 26 heavy (non-hydrogen) atoms. The molecule has 0 amide bonds. The molecule has 0 radical (unpaired) electrons. The number of hydrogen-bond donors (Lipinski definition) is 0. The highest BCUT2D eigenvalue weighted by Crippen LogP contribution is 2.62. The van der Waals surface area contributed by atoms with Gasteiger partial charge in [-0.25, -0.2) is 0 Å². The Bertz CT molecular complexity index is 570. The van der Waals surface area contributed by atoms with Crippen molar-refractivity contribution in [2.75, 3.05) is 45.9 Å². The summed E-state index contributed by atoms with van der Waals surface area (Å²) in [5.41, 5.74) is 0.457. The molecule has 5 rings (SSSR count). The lowest BCUT2D eigenvalue weighted by Gasteiger charge is -2.51. The van der Waals surface area contributed by atoms with Gasteiger partial charge in [0.15, 0.2) is 0 Å². The van der Waals surface area contributed by atoms with Crippen LogP contribution < -0.4 is 0 Å². The van der Waals surface area contributed by atoms with Crippen LogP contribution in [0.3, 0.4) is 0 Å². The van der Waals surface area contributed by atoms with E-state index in [9.17, 15) is 4.79 Å². The molecule has 0 N–H and O–H groups in total. The molecule has 5 aliphatic rings. The Morgan fingerprint density at radius 1 is 1.15 bits per heavy atom. The fourth-order valence-corrected chi connectivity index (χ4v) is 6.73. The van der Waals surface area contributed by atoms with Gasteiger partial charge in [0.25, 0.3) is 0 Å². The van der Waals surface area contributed by atoms with Gasteiger partial charge in [-0.15, -0.1) is 0 Å². The molecule has 5 heteroatoms. The Hall–Kier alpha value is -0.650. The van der Waals surface area contributed by atoms with Crippen molar-refractivity contribution >= 4 is 5.97 Å². The van der Waals surface area contributed by atoms with E-state index in [1.165, 1.54) is 19.3 Å². The lowest BCUT2D eigenvalue weighted by atomic mass is 9.53. The first-order valence-electron chi connectivity index (χ1n) is 10.8.